The first kappa shape index (κ1) is 19.3. The minimum Gasteiger partial charge on any atom is -0.352 e. The van der Waals surface area contributed by atoms with Gasteiger partial charge in [0.2, 0.25) is 18.0 Å². The van der Waals surface area contributed by atoms with Crippen LogP contribution < -0.4 is 0 Å². The van der Waals surface area contributed by atoms with Crippen molar-refractivity contribution >= 4 is 22.6 Å². The number of hydrogen-bond acceptors (Lipinski definition) is 4. The molecule has 29 heavy (non-hydrogen) atoms. The molecule has 8 heteroatoms. The van der Waals surface area contributed by atoms with Crippen LogP contribution in [0, 0.1) is 5.92 Å². The standard InChI is InChI=1S/C21H21F2N3O3/c1-11(20(22)23)7-18(27)19-14-10-26(12(2)8-16(14)25-29-19)21(28)17-9-13-5-3-4-6-15(13)24-17/h3-6,9,11-12,20,24H,7-8,10H2,1-2H3/t11-,12?/m0/s1. The monoisotopic (exact) mass is 401 g/mol. The number of hydrogen-bond donors (Lipinski definition) is 1. The van der Waals surface area contributed by atoms with Crippen molar-refractivity contribution in [3.8, 4) is 0 Å². The highest BCUT2D eigenvalue weighted by molar-refractivity contribution is 5.99. The van der Waals surface area contributed by atoms with Crippen molar-refractivity contribution < 1.29 is 22.9 Å². The van der Waals surface area contributed by atoms with Crippen molar-refractivity contribution in [3.63, 3.8) is 0 Å². The summed E-state index contributed by atoms with van der Waals surface area (Å²) < 4.78 is 30.8. The van der Waals surface area contributed by atoms with Gasteiger partial charge in [0.15, 0.2) is 0 Å². The molecule has 4 rings (SSSR count). The zero-order valence-corrected chi connectivity index (χ0v) is 16.1. The maximum absolute atomic E-state index is 13.1. The summed E-state index contributed by atoms with van der Waals surface area (Å²) in [5.74, 6) is -1.80. The minimum atomic E-state index is -2.59. The highest BCUT2D eigenvalue weighted by atomic mass is 19.3. The maximum Gasteiger partial charge on any atom is 0.270 e. The zero-order valence-electron chi connectivity index (χ0n) is 16.1. The second-order valence-electron chi connectivity index (χ2n) is 7.63. The van der Waals surface area contributed by atoms with E-state index in [1.165, 1.54) is 6.92 Å². The van der Waals surface area contributed by atoms with E-state index < -0.39 is 18.1 Å². The number of nitrogens with one attached hydrogen (secondary N) is 1. The Labute approximate surface area is 165 Å². The quantitative estimate of drug-likeness (QED) is 0.650. The molecule has 152 valence electrons. The van der Waals surface area contributed by atoms with E-state index >= 15 is 0 Å². The molecule has 0 saturated carbocycles. The van der Waals surface area contributed by atoms with E-state index in [0.29, 0.717) is 23.4 Å². The van der Waals surface area contributed by atoms with Crippen LogP contribution in [-0.4, -0.2) is 39.2 Å². The van der Waals surface area contributed by atoms with Gasteiger partial charge >= 0.3 is 0 Å². The number of para-hydroxylation sites is 1. The number of aromatic amines is 1. The fraction of sp³-hybridized carbons (Fsp3) is 0.381. The van der Waals surface area contributed by atoms with Crippen molar-refractivity contribution in [1.29, 1.82) is 0 Å². The van der Waals surface area contributed by atoms with E-state index in [4.69, 9.17) is 4.52 Å². The van der Waals surface area contributed by atoms with Crippen LogP contribution in [0.1, 0.15) is 52.6 Å². The normalized spacial score (nSPS) is 17.6. The maximum atomic E-state index is 13.1. The molecule has 0 bridgehead atoms. The lowest BCUT2D eigenvalue weighted by Crippen LogP contribution is -2.43. The number of fused-ring (bicyclic) bond motifs is 2. The van der Waals surface area contributed by atoms with Gasteiger partial charge in [-0.1, -0.05) is 30.3 Å². The van der Waals surface area contributed by atoms with Gasteiger partial charge in [0.1, 0.15) is 5.69 Å². The van der Waals surface area contributed by atoms with Crippen LogP contribution in [-0.2, 0) is 13.0 Å². The first-order chi connectivity index (χ1) is 13.8. The fourth-order valence-electron chi connectivity index (χ4n) is 3.69. The molecule has 0 spiro atoms. The van der Waals surface area contributed by atoms with E-state index in [1.54, 1.807) is 11.0 Å². The molecule has 3 aromatic rings. The molecule has 0 saturated heterocycles. The molecule has 1 aromatic carbocycles. The summed E-state index contributed by atoms with van der Waals surface area (Å²) >= 11 is 0. The molecule has 1 unspecified atom stereocenters. The van der Waals surface area contributed by atoms with E-state index in [9.17, 15) is 18.4 Å². The summed E-state index contributed by atoms with van der Waals surface area (Å²) in [6, 6.07) is 9.25. The lowest BCUT2D eigenvalue weighted by molar-refractivity contribution is 0.0642. The number of aromatic nitrogens is 2. The number of nitrogens with zero attached hydrogens (tertiary/aromatic N) is 2. The number of ketones is 1. The van der Waals surface area contributed by atoms with Gasteiger partial charge in [-0.2, -0.15) is 0 Å². The SMILES string of the molecule is CC1Cc2noc(C(=O)C[C@H](C)C(F)F)c2CN1C(=O)c1cc2ccccc2[nH]1. The number of alkyl halides is 2. The Hall–Kier alpha value is -3.03. The Kier molecular flexibility index (Phi) is 4.94. The Bertz CT molecular complexity index is 1040. The van der Waals surface area contributed by atoms with Crippen molar-refractivity contribution in [2.24, 2.45) is 5.92 Å². The Morgan fingerprint density at radius 1 is 1.34 bits per heavy atom. The second-order valence-corrected chi connectivity index (χ2v) is 7.63. The molecule has 1 N–H and O–H groups in total. The molecule has 0 aliphatic carbocycles. The van der Waals surface area contributed by atoms with Crippen LogP contribution >= 0.6 is 0 Å². The number of amides is 1. The molecule has 0 fully saturated rings. The topological polar surface area (TPSA) is 79.2 Å². The van der Waals surface area contributed by atoms with Crippen molar-refractivity contribution in [2.45, 2.75) is 45.7 Å². The molecular weight excluding hydrogens is 380 g/mol. The number of Topliss-reactive ketones (excluding diaryl/α,β-unsaturated/α-hetero) is 1. The fourth-order valence-corrected chi connectivity index (χ4v) is 3.69. The van der Waals surface area contributed by atoms with E-state index in [0.717, 1.165) is 10.9 Å². The van der Waals surface area contributed by atoms with Gasteiger partial charge in [0, 0.05) is 41.3 Å². The highest BCUT2D eigenvalue weighted by Gasteiger charge is 2.35. The molecule has 6 nitrogen and oxygen atoms in total. The number of halogens is 2. The number of carbonyl (C=O) groups is 2. The summed E-state index contributed by atoms with van der Waals surface area (Å²) in [6.45, 7) is 3.37. The average molecular weight is 401 g/mol. The van der Waals surface area contributed by atoms with Crippen LogP contribution in [0.2, 0.25) is 0 Å². The van der Waals surface area contributed by atoms with Crippen LogP contribution in [0.15, 0.2) is 34.9 Å². The third-order valence-electron chi connectivity index (χ3n) is 5.43. The summed E-state index contributed by atoms with van der Waals surface area (Å²) in [5.41, 5.74) is 2.44. The number of carbonyl (C=O) groups excluding carboxylic acids is 2. The summed E-state index contributed by atoms with van der Waals surface area (Å²) in [5, 5.41) is 4.89. The number of rotatable bonds is 5. The second kappa shape index (κ2) is 7.42. The molecular formula is C21H21F2N3O3. The van der Waals surface area contributed by atoms with Gasteiger partial charge in [0.25, 0.3) is 5.91 Å². The lowest BCUT2D eigenvalue weighted by atomic mass is 9.95. The number of H-pyrrole nitrogens is 1. The molecule has 0 radical (unpaired) electrons. The summed E-state index contributed by atoms with van der Waals surface area (Å²) in [7, 11) is 0. The lowest BCUT2D eigenvalue weighted by Gasteiger charge is -2.32. The van der Waals surface area contributed by atoms with Gasteiger partial charge in [-0.3, -0.25) is 9.59 Å². The van der Waals surface area contributed by atoms with Crippen LogP contribution in [0.3, 0.4) is 0 Å². The molecule has 3 heterocycles. The predicted molar refractivity (Wildman–Crippen MR) is 102 cm³/mol. The van der Waals surface area contributed by atoms with Gasteiger partial charge in [-0.05, 0) is 19.1 Å². The largest absolute Gasteiger partial charge is 0.352 e. The van der Waals surface area contributed by atoms with Gasteiger partial charge in [-0.25, -0.2) is 8.78 Å². The third kappa shape index (κ3) is 3.54. The number of benzene rings is 1. The van der Waals surface area contributed by atoms with Gasteiger partial charge in [0.05, 0.1) is 12.2 Å². The van der Waals surface area contributed by atoms with Crippen LogP contribution in [0.5, 0.6) is 0 Å². The Balaban J connectivity index is 1.59. The van der Waals surface area contributed by atoms with Crippen molar-refractivity contribution in [3.05, 3.63) is 53.0 Å². The van der Waals surface area contributed by atoms with E-state index in [1.807, 2.05) is 31.2 Å². The average Bonchev–Trinajstić information content (AvgIpc) is 3.30. The van der Waals surface area contributed by atoms with E-state index in [2.05, 4.69) is 10.1 Å². The zero-order chi connectivity index (χ0) is 20.7. The summed E-state index contributed by atoms with van der Waals surface area (Å²) in [6.07, 6.45) is -2.48. The molecule has 2 atom stereocenters. The predicted octanol–water partition coefficient (Wildman–Crippen LogP) is 4.22. The Morgan fingerprint density at radius 3 is 2.83 bits per heavy atom. The van der Waals surface area contributed by atoms with Crippen LogP contribution in [0.4, 0.5) is 8.78 Å². The third-order valence-corrected chi connectivity index (χ3v) is 5.43. The molecule has 1 aliphatic rings. The minimum absolute atomic E-state index is 0.0196. The first-order valence-electron chi connectivity index (χ1n) is 9.52. The van der Waals surface area contributed by atoms with Crippen molar-refractivity contribution in [1.82, 2.24) is 15.0 Å². The van der Waals surface area contributed by atoms with Crippen LogP contribution in [0.25, 0.3) is 10.9 Å². The van der Waals surface area contributed by atoms with Crippen molar-refractivity contribution in [2.75, 3.05) is 0 Å². The molecule has 2 aromatic heterocycles. The summed E-state index contributed by atoms with van der Waals surface area (Å²) in [4.78, 5) is 30.4. The van der Waals surface area contributed by atoms with E-state index in [-0.39, 0.29) is 30.7 Å². The first-order valence-corrected chi connectivity index (χ1v) is 9.52. The van der Waals surface area contributed by atoms with Gasteiger partial charge < -0.3 is 14.4 Å². The Morgan fingerprint density at radius 2 is 2.10 bits per heavy atom. The van der Waals surface area contributed by atoms with Gasteiger partial charge in [-0.15, -0.1) is 0 Å². The molecule has 1 aliphatic heterocycles. The highest BCUT2D eigenvalue weighted by Crippen LogP contribution is 2.29. The smallest absolute Gasteiger partial charge is 0.270 e. The molecule has 1 amide bonds.